The van der Waals surface area contributed by atoms with E-state index in [4.69, 9.17) is 0 Å². The van der Waals surface area contributed by atoms with Crippen LogP contribution in [0.4, 0.5) is 32.4 Å². The number of esters is 1. The fourth-order valence-corrected chi connectivity index (χ4v) is 3.98. The van der Waals surface area contributed by atoms with Gasteiger partial charge in [0.15, 0.2) is 5.65 Å². The van der Waals surface area contributed by atoms with Crippen molar-refractivity contribution in [3.8, 4) is 11.8 Å². The Bertz CT molecular complexity index is 1750. The number of rotatable bonds is 2. The highest BCUT2D eigenvalue weighted by molar-refractivity contribution is 5.96. The molecule has 0 saturated heterocycles. The Morgan fingerprint density at radius 3 is 2.56 bits per heavy atom. The van der Waals surface area contributed by atoms with Crippen LogP contribution in [0.1, 0.15) is 34.8 Å². The van der Waals surface area contributed by atoms with Crippen LogP contribution in [0, 0.1) is 30.4 Å². The van der Waals surface area contributed by atoms with Crippen LogP contribution in [0.25, 0.3) is 5.65 Å². The lowest BCUT2D eigenvalue weighted by Crippen LogP contribution is -2.31. The molecule has 1 aliphatic heterocycles. The quantitative estimate of drug-likeness (QED) is 0.206. The van der Waals surface area contributed by atoms with E-state index in [1.54, 1.807) is 54.2 Å². The predicted octanol–water partition coefficient (Wildman–Crippen LogP) is 5.11. The number of carbonyl (C=O) groups is 2. The number of hydrogen-bond donors (Lipinski definition) is 1. The minimum Gasteiger partial charge on any atom is -0.403 e. The van der Waals surface area contributed by atoms with Gasteiger partial charge >= 0.3 is 18.2 Å². The molecule has 0 aliphatic carbocycles. The number of amides is 2. The summed E-state index contributed by atoms with van der Waals surface area (Å²) < 4.78 is 71.9. The van der Waals surface area contributed by atoms with Gasteiger partial charge in [-0.25, -0.2) is 32.9 Å². The third-order valence-corrected chi connectivity index (χ3v) is 5.89. The van der Waals surface area contributed by atoms with Gasteiger partial charge in [0, 0.05) is 23.5 Å². The number of carbonyl (C=O) groups excluding carboxylic acids is 2. The summed E-state index contributed by atoms with van der Waals surface area (Å²) in [5, 5.41) is 11.1. The summed E-state index contributed by atoms with van der Waals surface area (Å²) in [6.07, 6.45) is -2.73. The van der Waals surface area contributed by atoms with Crippen molar-refractivity contribution in [2.45, 2.75) is 25.6 Å². The van der Waals surface area contributed by atoms with E-state index in [0.717, 1.165) is 17.7 Å². The fraction of sp³-hybridized carbons (Fsp3) is 0.148. The molecule has 1 atom stereocenters. The number of imidazole rings is 1. The molecule has 2 amide bonds. The van der Waals surface area contributed by atoms with E-state index in [9.17, 15) is 31.5 Å². The van der Waals surface area contributed by atoms with Crippen molar-refractivity contribution in [1.29, 1.82) is 0 Å². The first-order valence-corrected chi connectivity index (χ1v) is 11.8. The number of aromatic nitrogens is 3. The second kappa shape index (κ2) is 10.7. The molecular formula is C27H17F5N6O3. The zero-order valence-corrected chi connectivity index (χ0v) is 20.9. The summed E-state index contributed by atoms with van der Waals surface area (Å²) in [5.74, 6) is 0.687. The highest BCUT2D eigenvalue weighted by Gasteiger charge is 2.44. The molecule has 3 heterocycles. The number of hydrogen-bond acceptors (Lipinski definition) is 6. The van der Waals surface area contributed by atoms with Gasteiger partial charge in [-0.3, -0.25) is 0 Å². The molecule has 0 unspecified atom stereocenters. The van der Waals surface area contributed by atoms with Crippen LogP contribution in [0.3, 0.4) is 0 Å². The monoisotopic (exact) mass is 568 g/mol. The number of alkyl halides is 3. The predicted molar refractivity (Wildman–Crippen MR) is 134 cm³/mol. The normalized spacial score (nSPS) is 14.8. The number of halogens is 5. The van der Waals surface area contributed by atoms with Gasteiger partial charge in [-0.05, 0) is 60.4 Å². The van der Waals surface area contributed by atoms with Gasteiger partial charge in [-0.1, -0.05) is 12.0 Å². The molecule has 0 spiro atoms. The van der Waals surface area contributed by atoms with Gasteiger partial charge in [-0.2, -0.15) is 18.3 Å². The second-order valence-electron chi connectivity index (χ2n) is 8.80. The molecule has 4 aromatic rings. The lowest BCUT2D eigenvalue weighted by molar-refractivity contribution is -0.191. The Hall–Kier alpha value is -5.32. The third kappa shape index (κ3) is 5.98. The summed E-state index contributed by atoms with van der Waals surface area (Å²) in [7, 11) is 0. The van der Waals surface area contributed by atoms with Crippen LogP contribution in [-0.2, 0) is 9.53 Å². The molecule has 2 aromatic carbocycles. The van der Waals surface area contributed by atoms with Crippen LogP contribution in [-0.4, -0.2) is 43.7 Å². The molecule has 1 aliphatic rings. The SMILES string of the molecule is Cc1ccc(NC(=O)N2N=C(OC(=O)C(F)(F)F)C[C@H]2c2cc(F)cc(F)c2)cc1C#Cc1cnc2cccnn12. The molecular weight excluding hydrogens is 551 g/mol. The van der Waals surface area contributed by atoms with Crippen LogP contribution in [0.2, 0.25) is 0 Å². The average Bonchev–Trinajstić information content (AvgIpc) is 3.52. The summed E-state index contributed by atoms with van der Waals surface area (Å²) >= 11 is 0. The van der Waals surface area contributed by atoms with E-state index in [-0.39, 0.29) is 11.3 Å². The maximum atomic E-state index is 13.9. The first kappa shape index (κ1) is 27.3. The lowest BCUT2D eigenvalue weighted by Gasteiger charge is -2.22. The molecule has 208 valence electrons. The van der Waals surface area contributed by atoms with Gasteiger partial charge in [0.05, 0.1) is 18.7 Å². The maximum Gasteiger partial charge on any atom is 0.491 e. The van der Waals surface area contributed by atoms with Crippen LogP contribution >= 0.6 is 0 Å². The maximum absolute atomic E-state index is 13.9. The Kier molecular flexibility index (Phi) is 7.10. The molecule has 0 radical (unpaired) electrons. The Labute approximate surface area is 228 Å². The van der Waals surface area contributed by atoms with E-state index in [1.807, 2.05) is 0 Å². The number of nitrogens with zero attached hydrogens (tertiary/aromatic N) is 5. The molecule has 9 nitrogen and oxygen atoms in total. The van der Waals surface area contributed by atoms with E-state index < -0.39 is 48.2 Å². The number of benzene rings is 2. The molecule has 0 bridgehead atoms. The first-order valence-electron chi connectivity index (χ1n) is 11.8. The lowest BCUT2D eigenvalue weighted by atomic mass is 10.0. The van der Waals surface area contributed by atoms with Gasteiger partial charge in [-0.15, -0.1) is 5.10 Å². The molecule has 14 heteroatoms. The topological polar surface area (TPSA) is 101 Å². The van der Waals surface area contributed by atoms with E-state index in [1.165, 1.54) is 0 Å². The second-order valence-corrected chi connectivity index (χ2v) is 8.80. The Morgan fingerprint density at radius 2 is 1.83 bits per heavy atom. The van der Waals surface area contributed by atoms with Crippen LogP contribution < -0.4 is 5.32 Å². The Balaban J connectivity index is 1.41. The number of aryl methyl sites for hydroxylation is 1. The van der Waals surface area contributed by atoms with E-state index in [0.29, 0.717) is 28.0 Å². The van der Waals surface area contributed by atoms with Crippen molar-refractivity contribution in [3.05, 3.63) is 94.9 Å². The molecule has 1 N–H and O–H groups in total. The van der Waals surface area contributed by atoms with Crippen LogP contribution in [0.5, 0.6) is 0 Å². The van der Waals surface area contributed by atoms with Crippen molar-refractivity contribution in [2.24, 2.45) is 5.10 Å². The van der Waals surface area contributed by atoms with Gasteiger partial charge in [0.25, 0.3) is 0 Å². The number of anilines is 1. The largest absolute Gasteiger partial charge is 0.491 e. The highest BCUT2D eigenvalue weighted by atomic mass is 19.4. The average molecular weight is 568 g/mol. The molecule has 0 fully saturated rings. The number of ether oxygens (including phenoxy) is 1. The standard InChI is InChI=1S/C27H17F5N6O3/c1-15-4-6-20(11-16(15)5-7-21-14-33-23-3-2-8-34-37(21)23)35-26(40)38-22(17-9-18(28)12-19(29)10-17)13-24(36-38)41-25(39)27(30,31)32/h2-4,6,8-12,14,22H,13H2,1H3,(H,35,40)/t22-/m0/s1. The molecule has 41 heavy (non-hydrogen) atoms. The minimum atomic E-state index is -5.32. The zero-order chi connectivity index (χ0) is 29.3. The molecule has 2 aromatic heterocycles. The van der Waals surface area contributed by atoms with Crippen molar-refractivity contribution in [3.63, 3.8) is 0 Å². The minimum absolute atomic E-state index is 0.114. The Morgan fingerprint density at radius 1 is 1.07 bits per heavy atom. The number of urea groups is 1. The number of nitrogens with one attached hydrogen (secondary N) is 1. The third-order valence-electron chi connectivity index (χ3n) is 5.89. The van der Waals surface area contributed by atoms with Crippen molar-refractivity contribution in [1.82, 2.24) is 19.6 Å². The van der Waals surface area contributed by atoms with Gasteiger partial charge in [0.2, 0.25) is 5.90 Å². The highest BCUT2D eigenvalue weighted by Crippen LogP contribution is 2.33. The van der Waals surface area contributed by atoms with Gasteiger partial charge in [0.1, 0.15) is 17.3 Å². The molecule has 0 saturated carbocycles. The van der Waals surface area contributed by atoms with E-state index >= 15 is 0 Å². The number of hydrazone groups is 1. The smallest absolute Gasteiger partial charge is 0.403 e. The summed E-state index contributed by atoms with van der Waals surface area (Å²) in [4.78, 5) is 28.7. The van der Waals surface area contributed by atoms with Crippen molar-refractivity contribution >= 4 is 29.2 Å². The summed E-state index contributed by atoms with van der Waals surface area (Å²) in [6.45, 7) is 1.79. The summed E-state index contributed by atoms with van der Waals surface area (Å²) in [6, 6.07) is 8.42. The molecule has 5 rings (SSSR count). The number of fused-ring (bicyclic) bond motifs is 1. The van der Waals surface area contributed by atoms with E-state index in [2.05, 4.69) is 37.1 Å². The van der Waals surface area contributed by atoms with Crippen molar-refractivity contribution < 1.29 is 36.3 Å². The van der Waals surface area contributed by atoms with Crippen molar-refractivity contribution in [2.75, 3.05) is 5.32 Å². The first-order chi connectivity index (χ1) is 19.5. The van der Waals surface area contributed by atoms with Crippen LogP contribution in [0.15, 0.2) is 66.0 Å². The fourth-order valence-electron chi connectivity index (χ4n) is 3.98. The summed E-state index contributed by atoms with van der Waals surface area (Å²) in [5.41, 5.74) is 2.55. The van der Waals surface area contributed by atoms with Gasteiger partial charge < -0.3 is 10.1 Å². The zero-order valence-electron chi connectivity index (χ0n) is 20.9.